The molecule has 1 rings (SSSR count). The highest BCUT2D eigenvalue weighted by Gasteiger charge is 1.90. The molecule has 1 aromatic carbocycles. The van der Waals surface area contributed by atoms with Gasteiger partial charge in [0.2, 0.25) is 0 Å². The van der Waals surface area contributed by atoms with Crippen molar-refractivity contribution in [3.05, 3.63) is 41.5 Å². The van der Waals surface area contributed by atoms with Crippen molar-refractivity contribution in [2.75, 3.05) is 0 Å². The molecule has 0 aromatic heterocycles. The lowest BCUT2D eigenvalue weighted by molar-refractivity contribution is -0.113. The van der Waals surface area contributed by atoms with Crippen molar-refractivity contribution >= 4 is 29.4 Å². The zero-order chi connectivity index (χ0) is 10.4. The van der Waals surface area contributed by atoms with Crippen molar-refractivity contribution in [2.45, 2.75) is 6.92 Å². The number of aryl methyl sites for hydroxylation is 1. The van der Waals surface area contributed by atoms with E-state index in [2.05, 4.69) is 17.2 Å². The van der Waals surface area contributed by atoms with Gasteiger partial charge in [0.25, 0.3) is 5.91 Å². The van der Waals surface area contributed by atoms with Crippen LogP contribution >= 0.6 is 12.2 Å². The minimum absolute atomic E-state index is 0.388. The SMILES string of the molecule is Cc1ccc(C=CC(=O)N=C=S)cc1. The largest absolute Gasteiger partial charge is 0.278 e. The Morgan fingerprint density at radius 3 is 2.64 bits per heavy atom. The van der Waals surface area contributed by atoms with E-state index in [0.717, 1.165) is 5.56 Å². The molecular formula is C11H9NOS. The maximum absolute atomic E-state index is 10.9. The number of nitrogens with zero attached hydrogens (tertiary/aromatic N) is 1. The first kappa shape index (κ1) is 10.5. The minimum atomic E-state index is -0.388. The van der Waals surface area contributed by atoms with Crippen LogP contribution in [0.2, 0.25) is 0 Å². The summed E-state index contributed by atoms with van der Waals surface area (Å²) in [7, 11) is 0. The van der Waals surface area contributed by atoms with Crippen LogP contribution in [0.1, 0.15) is 11.1 Å². The zero-order valence-electron chi connectivity index (χ0n) is 7.73. The van der Waals surface area contributed by atoms with E-state index in [9.17, 15) is 4.79 Å². The van der Waals surface area contributed by atoms with Gasteiger partial charge in [-0.3, -0.25) is 4.79 Å². The molecule has 0 unspecified atom stereocenters. The molecular weight excluding hydrogens is 194 g/mol. The van der Waals surface area contributed by atoms with Crippen molar-refractivity contribution in [2.24, 2.45) is 4.99 Å². The first-order valence-corrected chi connectivity index (χ1v) is 4.50. The number of hydrogen-bond acceptors (Lipinski definition) is 2. The number of hydrogen-bond donors (Lipinski definition) is 0. The fraction of sp³-hybridized carbons (Fsp3) is 0.0909. The van der Waals surface area contributed by atoms with Crippen LogP contribution in [-0.4, -0.2) is 11.1 Å². The topological polar surface area (TPSA) is 29.4 Å². The number of rotatable bonds is 2. The molecule has 0 N–H and O–H groups in total. The number of isothiocyanates is 1. The van der Waals surface area contributed by atoms with Crippen LogP contribution in [0.25, 0.3) is 6.08 Å². The van der Waals surface area contributed by atoms with Gasteiger partial charge in [0.05, 0.1) is 5.16 Å². The van der Waals surface area contributed by atoms with Crippen molar-refractivity contribution in [3.63, 3.8) is 0 Å². The molecule has 0 atom stereocenters. The van der Waals surface area contributed by atoms with Crippen LogP contribution in [0.4, 0.5) is 0 Å². The molecule has 0 radical (unpaired) electrons. The molecule has 1 amide bonds. The van der Waals surface area contributed by atoms with Crippen LogP contribution in [0.15, 0.2) is 35.3 Å². The quantitative estimate of drug-likeness (QED) is 0.420. The summed E-state index contributed by atoms with van der Waals surface area (Å²) in [4.78, 5) is 14.2. The van der Waals surface area contributed by atoms with Crippen molar-refractivity contribution in [1.29, 1.82) is 0 Å². The number of carbonyl (C=O) groups is 1. The third-order valence-corrected chi connectivity index (χ3v) is 1.74. The average Bonchev–Trinajstić information content (AvgIpc) is 2.17. The molecule has 0 bridgehead atoms. The summed E-state index contributed by atoms with van der Waals surface area (Å²) in [5.41, 5.74) is 2.15. The van der Waals surface area contributed by atoms with Gasteiger partial charge in [0, 0.05) is 6.08 Å². The average molecular weight is 203 g/mol. The third-order valence-electron chi connectivity index (χ3n) is 1.65. The molecule has 3 heteroatoms. The van der Waals surface area contributed by atoms with Gasteiger partial charge in [-0.25, -0.2) is 0 Å². The van der Waals surface area contributed by atoms with Crippen molar-refractivity contribution < 1.29 is 4.79 Å². The van der Waals surface area contributed by atoms with Gasteiger partial charge < -0.3 is 0 Å². The fourth-order valence-electron chi connectivity index (χ4n) is 0.927. The highest BCUT2D eigenvalue weighted by atomic mass is 32.1. The Hall–Kier alpha value is -1.57. The van der Waals surface area contributed by atoms with Crippen LogP contribution in [0.3, 0.4) is 0 Å². The van der Waals surface area contributed by atoms with E-state index in [4.69, 9.17) is 0 Å². The van der Waals surface area contributed by atoms with Gasteiger partial charge in [0.1, 0.15) is 0 Å². The Balaban J connectivity index is 2.73. The zero-order valence-corrected chi connectivity index (χ0v) is 8.54. The lowest BCUT2D eigenvalue weighted by Gasteiger charge is -1.92. The van der Waals surface area contributed by atoms with E-state index in [1.54, 1.807) is 6.08 Å². The molecule has 0 fully saturated rings. The normalized spacial score (nSPS) is 9.79. The van der Waals surface area contributed by atoms with Gasteiger partial charge in [-0.15, -0.1) is 0 Å². The highest BCUT2D eigenvalue weighted by molar-refractivity contribution is 7.78. The predicted octanol–water partition coefficient (Wildman–Crippen LogP) is 2.64. The molecule has 0 saturated heterocycles. The van der Waals surface area contributed by atoms with Gasteiger partial charge in [-0.1, -0.05) is 29.8 Å². The maximum Gasteiger partial charge on any atom is 0.278 e. The second-order valence-corrected chi connectivity index (χ2v) is 2.97. The number of aliphatic imine (C=N–C) groups is 1. The number of benzene rings is 1. The summed E-state index contributed by atoms with van der Waals surface area (Å²) in [6.45, 7) is 2.01. The van der Waals surface area contributed by atoms with Gasteiger partial charge in [-0.05, 0) is 30.8 Å². The Labute approximate surface area is 88.0 Å². The first-order chi connectivity index (χ1) is 6.72. The third kappa shape index (κ3) is 3.44. The first-order valence-electron chi connectivity index (χ1n) is 4.09. The van der Waals surface area contributed by atoms with E-state index in [-0.39, 0.29) is 5.91 Å². The number of carbonyl (C=O) groups excluding carboxylic acids is 1. The molecule has 0 aliphatic carbocycles. The molecule has 0 saturated carbocycles. The maximum atomic E-state index is 10.9. The molecule has 2 nitrogen and oxygen atoms in total. The van der Waals surface area contributed by atoms with E-state index < -0.39 is 0 Å². The van der Waals surface area contributed by atoms with Gasteiger partial charge >= 0.3 is 0 Å². The molecule has 0 aliphatic rings. The van der Waals surface area contributed by atoms with E-state index in [1.807, 2.05) is 36.4 Å². The van der Waals surface area contributed by atoms with E-state index in [1.165, 1.54) is 11.6 Å². The summed E-state index contributed by atoms with van der Waals surface area (Å²) >= 11 is 4.30. The number of thiocarbonyl (C=S) groups is 1. The van der Waals surface area contributed by atoms with Crippen LogP contribution in [-0.2, 0) is 4.79 Å². The van der Waals surface area contributed by atoms with Crippen LogP contribution in [0.5, 0.6) is 0 Å². The molecule has 0 heterocycles. The fourth-order valence-corrected chi connectivity index (χ4v) is 1.02. The van der Waals surface area contributed by atoms with Gasteiger partial charge in [-0.2, -0.15) is 4.99 Å². The van der Waals surface area contributed by atoms with E-state index >= 15 is 0 Å². The van der Waals surface area contributed by atoms with Crippen molar-refractivity contribution in [1.82, 2.24) is 0 Å². The lowest BCUT2D eigenvalue weighted by Crippen LogP contribution is -1.83. The Bertz CT molecular complexity index is 400. The summed E-state index contributed by atoms with van der Waals surface area (Å²) in [5.74, 6) is -0.388. The molecule has 14 heavy (non-hydrogen) atoms. The standard InChI is InChI=1S/C11H9NOS/c1-9-2-4-10(5-3-9)6-7-11(13)12-8-14/h2-7H,1H3. The van der Waals surface area contributed by atoms with Crippen LogP contribution < -0.4 is 0 Å². The molecule has 0 aliphatic heterocycles. The summed E-state index contributed by atoms with van der Waals surface area (Å²) in [6.07, 6.45) is 3.06. The molecule has 0 spiro atoms. The summed E-state index contributed by atoms with van der Waals surface area (Å²) in [6, 6.07) is 7.82. The van der Waals surface area contributed by atoms with Crippen LogP contribution in [0, 0.1) is 6.92 Å². The Morgan fingerprint density at radius 1 is 1.43 bits per heavy atom. The predicted molar refractivity (Wildman–Crippen MR) is 60.2 cm³/mol. The van der Waals surface area contributed by atoms with Gasteiger partial charge in [0.15, 0.2) is 0 Å². The van der Waals surface area contributed by atoms with E-state index in [0.29, 0.717) is 0 Å². The highest BCUT2D eigenvalue weighted by Crippen LogP contribution is 2.04. The molecule has 1 aromatic rings. The smallest absolute Gasteiger partial charge is 0.267 e. The Morgan fingerprint density at radius 2 is 2.07 bits per heavy atom. The molecule has 70 valence electrons. The summed E-state index contributed by atoms with van der Waals surface area (Å²) in [5, 5.41) is 2.02. The Kier molecular flexibility index (Phi) is 3.92. The second kappa shape index (κ2) is 5.22. The number of amides is 1. The summed E-state index contributed by atoms with van der Waals surface area (Å²) < 4.78 is 0. The minimum Gasteiger partial charge on any atom is -0.267 e. The monoisotopic (exact) mass is 203 g/mol. The second-order valence-electron chi connectivity index (χ2n) is 2.79. The van der Waals surface area contributed by atoms with Crippen molar-refractivity contribution in [3.8, 4) is 0 Å². The lowest BCUT2D eigenvalue weighted by atomic mass is 10.1.